The van der Waals surface area contributed by atoms with Gasteiger partial charge in [-0.05, 0) is 12.1 Å². The summed E-state index contributed by atoms with van der Waals surface area (Å²) in [5, 5.41) is 11.0. The van der Waals surface area contributed by atoms with E-state index in [2.05, 4.69) is 4.18 Å². The third kappa shape index (κ3) is 2.22. The van der Waals surface area contributed by atoms with Gasteiger partial charge in [0.2, 0.25) is 12.5 Å². The van der Waals surface area contributed by atoms with E-state index < -0.39 is 26.5 Å². The molecular weight excluding hydrogens is 266 g/mol. The van der Waals surface area contributed by atoms with Crippen LogP contribution in [0.1, 0.15) is 5.56 Å². The maximum Gasteiger partial charge on any atom is 0.319 e. The van der Waals surface area contributed by atoms with Gasteiger partial charge in [0.05, 0.1) is 17.6 Å². The molecule has 1 aliphatic rings. The zero-order chi connectivity index (χ0) is 13.3. The molecule has 1 aromatic carbocycles. The Balaban J connectivity index is 2.52. The number of fused-ring (bicyclic) bond motifs is 1. The highest BCUT2D eigenvalue weighted by molar-refractivity contribution is 7.85. The fourth-order valence-corrected chi connectivity index (χ4v) is 2.30. The zero-order valence-electron chi connectivity index (χ0n) is 9.28. The normalized spacial score (nSPS) is 13.6. The van der Waals surface area contributed by atoms with Gasteiger partial charge in [-0.25, -0.2) is 0 Å². The number of nitro groups is 1. The van der Waals surface area contributed by atoms with Crippen molar-refractivity contribution >= 4 is 15.8 Å². The molecule has 0 atom stereocenters. The van der Waals surface area contributed by atoms with Gasteiger partial charge in [-0.2, -0.15) is 8.42 Å². The largest absolute Gasteiger partial charge is 0.453 e. The minimum absolute atomic E-state index is 0.00824. The number of nitro benzene ring substituents is 1. The predicted molar refractivity (Wildman–Crippen MR) is 58.9 cm³/mol. The number of benzene rings is 1. The van der Waals surface area contributed by atoms with Crippen LogP contribution < -0.4 is 9.47 Å². The molecule has 0 N–H and O–H groups in total. The van der Waals surface area contributed by atoms with Crippen LogP contribution in [0.2, 0.25) is 0 Å². The molecule has 18 heavy (non-hydrogen) atoms. The Hall–Kier alpha value is -1.87. The van der Waals surface area contributed by atoms with Crippen LogP contribution in [-0.2, 0) is 20.1 Å². The summed E-state index contributed by atoms with van der Waals surface area (Å²) < 4.78 is 36.9. The quantitative estimate of drug-likeness (QED) is 0.454. The van der Waals surface area contributed by atoms with E-state index in [9.17, 15) is 18.5 Å². The van der Waals surface area contributed by atoms with E-state index >= 15 is 0 Å². The molecule has 1 aromatic rings. The molecule has 0 bridgehead atoms. The lowest BCUT2D eigenvalue weighted by molar-refractivity contribution is -0.386. The van der Waals surface area contributed by atoms with Crippen LogP contribution in [0.25, 0.3) is 0 Å². The summed E-state index contributed by atoms with van der Waals surface area (Å²) in [5.74, 6) is -0.430. The lowest BCUT2D eigenvalue weighted by Crippen LogP contribution is -2.08. The van der Waals surface area contributed by atoms with Crippen LogP contribution >= 0.6 is 0 Å². The maximum absolute atomic E-state index is 11.3. The van der Waals surface area contributed by atoms with Crippen LogP contribution in [0, 0.1) is 10.1 Å². The third-order valence-electron chi connectivity index (χ3n) is 2.37. The van der Waals surface area contributed by atoms with E-state index in [1.807, 2.05) is 0 Å². The minimum atomic E-state index is -3.85. The summed E-state index contributed by atoms with van der Waals surface area (Å²) in [5.41, 5.74) is -0.420. The van der Waals surface area contributed by atoms with Gasteiger partial charge in [0.25, 0.3) is 10.1 Å². The van der Waals surface area contributed by atoms with Gasteiger partial charge >= 0.3 is 5.69 Å². The molecule has 0 spiro atoms. The molecule has 2 rings (SSSR count). The first-order chi connectivity index (χ1) is 8.44. The number of rotatable bonds is 4. The van der Waals surface area contributed by atoms with Crippen LogP contribution in [0.15, 0.2) is 12.1 Å². The SMILES string of the molecule is COS(=O)(=O)Cc1ccc2c(c1[N+](=O)[O-])OCO2. The van der Waals surface area contributed by atoms with Crippen molar-refractivity contribution in [3.05, 3.63) is 27.8 Å². The van der Waals surface area contributed by atoms with Crippen molar-refractivity contribution in [2.75, 3.05) is 13.9 Å². The molecule has 8 nitrogen and oxygen atoms in total. The first-order valence-corrected chi connectivity index (χ1v) is 6.36. The summed E-state index contributed by atoms with van der Waals surface area (Å²) in [4.78, 5) is 10.3. The molecule has 0 aliphatic carbocycles. The first-order valence-electron chi connectivity index (χ1n) is 4.79. The summed E-state index contributed by atoms with van der Waals surface area (Å²) >= 11 is 0. The number of ether oxygens (including phenoxy) is 2. The molecule has 0 unspecified atom stereocenters. The summed E-state index contributed by atoms with van der Waals surface area (Å²) in [6, 6.07) is 2.73. The first kappa shape index (κ1) is 12.6. The summed E-state index contributed by atoms with van der Waals surface area (Å²) in [7, 11) is -2.85. The predicted octanol–water partition coefficient (Wildman–Crippen LogP) is 0.800. The molecule has 0 aromatic heterocycles. The summed E-state index contributed by atoms with van der Waals surface area (Å²) in [6.07, 6.45) is 0. The molecule has 0 amide bonds. The smallest absolute Gasteiger partial charge is 0.319 e. The molecule has 9 heteroatoms. The Bertz CT molecular complexity index is 595. The van der Waals surface area contributed by atoms with Crippen molar-refractivity contribution in [2.24, 2.45) is 0 Å². The van der Waals surface area contributed by atoms with Crippen molar-refractivity contribution < 1.29 is 27.0 Å². The fraction of sp³-hybridized carbons (Fsp3) is 0.333. The van der Waals surface area contributed by atoms with E-state index in [-0.39, 0.29) is 23.9 Å². The highest BCUT2D eigenvalue weighted by atomic mass is 32.2. The highest BCUT2D eigenvalue weighted by Gasteiger charge is 2.31. The third-order valence-corrected chi connectivity index (χ3v) is 3.54. The highest BCUT2D eigenvalue weighted by Crippen LogP contribution is 2.43. The molecular formula is C9H9NO7S. The monoisotopic (exact) mass is 275 g/mol. The second-order valence-electron chi connectivity index (χ2n) is 3.43. The Kier molecular flexibility index (Phi) is 3.09. The van der Waals surface area contributed by atoms with Crippen LogP contribution in [0.3, 0.4) is 0 Å². The lowest BCUT2D eigenvalue weighted by Gasteiger charge is -2.05. The average Bonchev–Trinajstić information content (AvgIpc) is 2.75. The minimum Gasteiger partial charge on any atom is -0.453 e. The van der Waals surface area contributed by atoms with E-state index in [1.165, 1.54) is 12.1 Å². The molecule has 0 fully saturated rings. The fourth-order valence-electron chi connectivity index (χ4n) is 1.56. The number of hydrogen-bond donors (Lipinski definition) is 0. The van der Waals surface area contributed by atoms with Gasteiger partial charge in [0.1, 0.15) is 5.75 Å². The summed E-state index contributed by atoms with van der Waals surface area (Å²) in [6.45, 7) is -0.128. The number of nitrogens with zero attached hydrogens (tertiary/aromatic N) is 1. The Morgan fingerprint density at radius 1 is 1.44 bits per heavy atom. The Morgan fingerprint density at radius 2 is 2.17 bits per heavy atom. The van der Waals surface area contributed by atoms with E-state index in [0.717, 1.165) is 7.11 Å². The lowest BCUT2D eigenvalue weighted by atomic mass is 10.2. The van der Waals surface area contributed by atoms with E-state index in [4.69, 9.17) is 9.47 Å². The molecule has 1 aliphatic heterocycles. The van der Waals surface area contributed by atoms with Crippen molar-refractivity contribution in [1.29, 1.82) is 0 Å². The molecule has 98 valence electrons. The second kappa shape index (κ2) is 4.42. The Labute approximate surface area is 102 Å². The maximum atomic E-state index is 11.3. The van der Waals surface area contributed by atoms with Crippen molar-refractivity contribution in [3.63, 3.8) is 0 Å². The molecule has 1 heterocycles. The molecule has 0 radical (unpaired) electrons. The van der Waals surface area contributed by atoms with Gasteiger partial charge < -0.3 is 9.47 Å². The Morgan fingerprint density at radius 3 is 2.78 bits per heavy atom. The van der Waals surface area contributed by atoms with Gasteiger partial charge in [-0.3, -0.25) is 14.3 Å². The van der Waals surface area contributed by atoms with Crippen molar-refractivity contribution in [1.82, 2.24) is 0 Å². The van der Waals surface area contributed by atoms with Crippen molar-refractivity contribution in [3.8, 4) is 11.5 Å². The van der Waals surface area contributed by atoms with Crippen LogP contribution in [0.5, 0.6) is 11.5 Å². The van der Waals surface area contributed by atoms with E-state index in [0.29, 0.717) is 0 Å². The van der Waals surface area contributed by atoms with Crippen molar-refractivity contribution in [2.45, 2.75) is 5.75 Å². The topological polar surface area (TPSA) is 105 Å². The van der Waals surface area contributed by atoms with Gasteiger partial charge in [-0.1, -0.05) is 0 Å². The van der Waals surface area contributed by atoms with Crippen LogP contribution in [0.4, 0.5) is 5.69 Å². The standard InChI is InChI=1S/C9H9NO7S/c1-15-18(13,14)4-6-2-3-7-9(17-5-16-7)8(6)10(11)12/h2-3H,4-5H2,1H3. The zero-order valence-corrected chi connectivity index (χ0v) is 10.1. The second-order valence-corrected chi connectivity index (χ2v) is 5.17. The van der Waals surface area contributed by atoms with Crippen LogP contribution in [-0.4, -0.2) is 27.2 Å². The number of hydrogen-bond acceptors (Lipinski definition) is 7. The molecule has 0 saturated heterocycles. The van der Waals surface area contributed by atoms with Gasteiger partial charge in [0.15, 0.2) is 5.75 Å². The average molecular weight is 275 g/mol. The van der Waals surface area contributed by atoms with E-state index in [1.54, 1.807) is 0 Å². The van der Waals surface area contributed by atoms with Gasteiger partial charge in [0, 0.05) is 0 Å². The van der Waals surface area contributed by atoms with Gasteiger partial charge in [-0.15, -0.1) is 0 Å². The molecule has 0 saturated carbocycles.